The number of phenolic OH excluding ortho intramolecular Hbond substituents is 2. The van der Waals surface area contributed by atoms with Crippen molar-refractivity contribution in [2.24, 2.45) is 0 Å². The Bertz CT molecular complexity index is 1000. The average Bonchev–Trinajstić information content (AvgIpc) is 2.96. The van der Waals surface area contributed by atoms with Crippen molar-refractivity contribution in [1.82, 2.24) is 19.7 Å². The van der Waals surface area contributed by atoms with Crippen LogP contribution in [0.1, 0.15) is 30.9 Å². The highest BCUT2D eigenvalue weighted by molar-refractivity contribution is 5.69. The van der Waals surface area contributed by atoms with Crippen LogP contribution < -0.4 is 5.69 Å². The average molecular weight is 368 g/mol. The van der Waals surface area contributed by atoms with E-state index in [-0.39, 0.29) is 17.4 Å². The Hall–Kier alpha value is -3.06. The quantitative estimate of drug-likeness (QED) is 0.644. The van der Waals surface area contributed by atoms with Crippen molar-refractivity contribution in [2.45, 2.75) is 26.3 Å². The van der Waals surface area contributed by atoms with E-state index in [9.17, 15) is 15.0 Å². The molecule has 7 nitrogen and oxygen atoms in total. The maximum atomic E-state index is 12.4. The second kappa shape index (κ2) is 7.28. The lowest BCUT2D eigenvalue weighted by atomic mass is 9.98. The van der Waals surface area contributed by atoms with Crippen molar-refractivity contribution in [3.63, 3.8) is 0 Å². The molecule has 1 heterocycles. The number of aromatic amines is 1. The third-order valence-electron chi connectivity index (χ3n) is 4.37. The number of rotatable bonds is 5. The van der Waals surface area contributed by atoms with Crippen LogP contribution in [-0.4, -0.2) is 44.0 Å². The van der Waals surface area contributed by atoms with Crippen molar-refractivity contribution in [3.8, 4) is 28.6 Å². The Morgan fingerprint density at radius 2 is 1.78 bits per heavy atom. The molecule has 0 fully saturated rings. The van der Waals surface area contributed by atoms with Crippen LogP contribution in [0.3, 0.4) is 0 Å². The molecule has 0 unspecified atom stereocenters. The highest BCUT2D eigenvalue weighted by Gasteiger charge is 2.19. The van der Waals surface area contributed by atoms with Crippen molar-refractivity contribution >= 4 is 0 Å². The lowest BCUT2D eigenvalue weighted by Crippen LogP contribution is -2.16. The monoisotopic (exact) mass is 368 g/mol. The van der Waals surface area contributed by atoms with E-state index >= 15 is 0 Å². The second-order valence-corrected chi connectivity index (χ2v) is 7.17. The van der Waals surface area contributed by atoms with Crippen LogP contribution in [-0.2, 0) is 6.54 Å². The number of nitrogens with zero attached hydrogens (tertiary/aromatic N) is 3. The molecule has 0 radical (unpaired) electrons. The fourth-order valence-electron chi connectivity index (χ4n) is 3.07. The molecule has 0 aliphatic carbocycles. The topological polar surface area (TPSA) is 94.4 Å². The van der Waals surface area contributed by atoms with E-state index in [4.69, 9.17) is 0 Å². The number of aromatic hydroxyl groups is 2. The molecular formula is C20H24N4O3. The molecule has 0 saturated carbocycles. The number of hydrogen-bond acceptors (Lipinski definition) is 5. The first-order valence-electron chi connectivity index (χ1n) is 8.75. The third-order valence-corrected chi connectivity index (χ3v) is 4.37. The molecule has 0 spiro atoms. The van der Waals surface area contributed by atoms with Crippen LogP contribution >= 0.6 is 0 Å². The zero-order valence-corrected chi connectivity index (χ0v) is 15.9. The summed E-state index contributed by atoms with van der Waals surface area (Å²) in [5, 5.41) is 27.0. The number of hydrogen-bond donors (Lipinski definition) is 3. The molecule has 3 rings (SSSR count). The smallest absolute Gasteiger partial charge is 0.348 e. The van der Waals surface area contributed by atoms with Crippen molar-refractivity contribution in [1.29, 1.82) is 0 Å². The van der Waals surface area contributed by atoms with Crippen molar-refractivity contribution in [3.05, 3.63) is 58.0 Å². The predicted octanol–water partition coefficient (Wildman–Crippen LogP) is 2.82. The number of H-pyrrole nitrogens is 1. The highest BCUT2D eigenvalue weighted by atomic mass is 16.3. The Kier molecular flexibility index (Phi) is 5.05. The fraction of sp³-hybridized carbons (Fsp3) is 0.300. The second-order valence-electron chi connectivity index (χ2n) is 7.17. The number of benzene rings is 2. The number of aromatic nitrogens is 3. The summed E-state index contributed by atoms with van der Waals surface area (Å²) in [6.07, 6.45) is 0. The maximum Gasteiger partial charge on any atom is 0.348 e. The predicted molar refractivity (Wildman–Crippen MR) is 104 cm³/mol. The molecule has 0 aliphatic rings. The fourth-order valence-corrected chi connectivity index (χ4v) is 3.07. The normalized spacial score (nSPS) is 11.5. The molecule has 0 aliphatic heterocycles. The van der Waals surface area contributed by atoms with Gasteiger partial charge in [0.25, 0.3) is 0 Å². The molecule has 0 bridgehead atoms. The van der Waals surface area contributed by atoms with E-state index in [0.717, 1.165) is 12.1 Å². The van der Waals surface area contributed by atoms with Gasteiger partial charge in [-0.25, -0.2) is 14.5 Å². The molecule has 1 aromatic heterocycles. The minimum Gasteiger partial charge on any atom is -0.508 e. The van der Waals surface area contributed by atoms with Crippen LogP contribution in [0.5, 0.6) is 11.5 Å². The molecule has 0 amide bonds. The van der Waals surface area contributed by atoms with Crippen LogP contribution in [0.4, 0.5) is 0 Å². The molecule has 2 aromatic carbocycles. The maximum absolute atomic E-state index is 12.4. The van der Waals surface area contributed by atoms with Crippen molar-refractivity contribution in [2.75, 3.05) is 14.1 Å². The van der Waals surface area contributed by atoms with Gasteiger partial charge in [0.2, 0.25) is 0 Å². The van der Waals surface area contributed by atoms with Crippen LogP contribution in [0.25, 0.3) is 17.1 Å². The Morgan fingerprint density at radius 1 is 1.11 bits per heavy atom. The Balaban J connectivity index is 2.11. The summed E-state index contributed by atoms with van der Waals surface area (Å²) in [5.74, 6) is 0.221. The molecule has 0 saturated heterocycles. The van der Waals surface area contributed by atoms with E-state index < -0.39 is 5.69 Å². The van der Waals surface area contributed by atoms with Gasteiger partial charge in [-0.1, -0.05) is 26.0 Å². The Morgan fingerprint density at radius 3 is 2.37 bits per heavy atom. The molecule has 0 atom stereocenters. The molecule has 3 N–H and O–H groups in total. The van der Waals surface area contributed by atoms with E-state index in [1.165, 1.54) is 10.6 Å². The van der Waals surface area contributed by atoms with Crippen LogP contribution in [0, 0.1) is 0 Å². The minimum absolute atomic E-state index is 0.0173. The number of nitrogens with one attached hydrogen (secondary N) is 1. The van der Waals surface area contributed by atoms with Crippen LogP contribution in [0.15, 0.2) is 41.2 Å². The summed E-state index contributed by atoms with van der Waals surface area (Å²) < 4.78 is 1.41. The number of phenols is 2. The minimum atomic E-state index is -0.399. The lowest BCUT2D eigenvalue weighted by molar-refractivity contribution is 0.402. The zero-order valence-electron chi connectivity index (χ0n) is 15.9. The van der Waals surface area contributed by atoms with Gasteiger partial charge in [0, 0.05) is 12.6 Å². The van der Waals surface area contributed by atoms with Gasteiger partial charge in [0.15, 0.2) is 5.82 Å². The van der Waals surface area contributed by atoms with Gasteiger partial charge in [0.05, 0.1) is 11.3 Å². The van der Waals surface area contributed by atoms with E-state index in [2.05, 4.69) is 15.1 Å². The highest BCUT2D eigenvalue weighted by Crippen LogP contribution is 2.37. The lowest BCUT2D eigenvalue weighted by Gasteiger charge is -2.14. The summed E-state index contributed by atoms with van der Waals surface area (Å²) in [4.78, 5) is 14.4. The van der Waals surface area contributed by atoms with Gasteiger partial charge in [-0.3, -0.25) is 0 Å². The van der Waals surface area contributed by atoms with Gasteiger partial charge in [-0.15, -0.1) is 0 Å². The van der Waals surface area contributed by atoms with Crippen molar-refractivity contribution < 1.29 is 10.2 Å². The summed E-state index contributed by atoms with van der Waals surface area (Å²) in [7, 11) is 3.99. The molecule has 142 valence electrons. The summed E-state index contributed by atoms with van der Waals surface area (Å²) in [5.41, 5.74) is 2.42. The first-order valence-corrected chi connectivity index (χ1v) is 8.75. The summed E-state index contributed by atoms with van der Waals surface area (Å²) in [6.45, 7) is 4.68. The molecular weight excluding hydrogens is 344 g/mol. The zero-order chi connectivity index (χ0) is 19.7. The van der Waals surface area contributed by atoms with E-state index in [1.807, 2.05) is 52.2 Å². The van der Waals surface area contributed by atoms with Gasteiger partial charge < -0.3 is 15.1 Å². The van der Waals surface area contributed by atoms with E-state index in [1.54, 1.807) is 6.07 Å². The van der Waals surface area contributed by atoms with Gasteiger partial charge >= 0.3 is 5.69 Å². The van der Waals surface area contributed by atoms with Crippen LogP contribution in [0.2, 0.25) is 0 Å². The molecule has 7 heteroatoms. The largest absolute Gasteiger partial charge is 0.508 e. The van der Waals surface area contributed by atoms with E-state index in [0.29, 0.717) is 22.6 Å². The first-order chi connectivity index (χ1) is 12.8. The third kappa shape index (κ3) is 3.73. The summed E-state index contributed by atoms with van der Waals surface area (Å²) in [6, 6.07) is 10.6. The summed E-state index contributed by atoms with van der Waals surface area (Å²) >= 11 is 0. The van der Waals surface area contributed by atoms with Gasteiger partial charge in [-0.2, -0.15) is 5.10 Å². The Labute approximate surface area is 157 Å². The van der Waals surface area contributed by atoms with Gasteiger partial charge in [0.1, 0.15) is 11.5 Å². The molecule has 3 aromatic rings. The van der Waals surface area contributed by atoms with Gasteiger partial charge in [-0.05, 0) is 49.3 Å². The molecule has 27 heavy (non-hydrogen) atoms. The SMILES string of the molecule is CC(C)c1cc(-c2n[nH]c(=O)n2-c2ccc(CN(C)C)cc2)c(O)cc1O. The standard InChI is InChI=1S/C20H24N4O3/c1-12(2)15-9-16(18(26)10-17(15)25)19-21-22-20(27)24(19)14-7-5-13(6-8-14)11-23(3)4/h5-10,12,25-26H,11H2,1-4H3,(H,22,27). The first kappa shape index (κ1) is 18.7.